The van der Waals surface area contributed by atoms with Gasteiger partial charge < -0.3 is 10.1 Å². The standard InChI is InChI=1S/C11H7N3OS2/c15-10-8(17-11(16)14-10)4-6-5-13-7-2-1-3-12-9(6)7/h1-5,15H,(H,14,16)/b6-4+. The molecule has 6 heteroatoms. The molecule has 0 fully saturated rings. The molecule has 3 heterocycles. The van der Waals surface area contributed by atoms with E-state index in [-0.39, 0.29) is 5.88 Å². The lowest BCUT2D eigenvalue weighted by atomic mass is 10.2. The molecule has 4 nitrogen and oxygen atoms in total. The highest BCUT2D eigenvalue weighted by Crippen LogP contribution is 2.33. The molecule has 0 aliphatic carbocycles. The van der Waals surface area contributed by atoms with Crippen LogP contribution in [-0.2, 0) is 0 Å². The summed E-state index contributed by atoms with van der Waals surface area (Å²) in [7, 11) is 0. The zero-order chi connectivity index (χ0) is 11.8. The Morgan fingerprint density at radius 2 is 2.35 bits per heavy atom. The number of aromatic hydroxyl groups is 1. The maximum atomic E-state index is 9.62. The molecule has 0 saturated heterocycles. The van der Waals surface area contributed by atoms with Gasteiger partial charge in [0.15, 0.2) is 3.95 Å². The van der Waals surface area contributed by atoms with Crippen molar-refractivity contribution in [2.24, 2.45) is 4.99 Å². The number of allylic oxidation sites excluding steroid dienone is 1. The number of aromatic amines is 1. The third-order valence-electron chi connectivity index (χ3n) is 2.35. The number of H-pyrrole nitrogens is 1. The Balaban J connectivity index is 2.11. The molecule has 0 unspecified atom stereocenters. The van der Waals surface area contributed by atoms with E-state index in [1.54, 1.807) is 12.4 Å². The summed E-state index contributed by atoms with van der Waals surface area (Å²) in [6.07, 6.45) is 5.29. The monoisotopic (exact) mass is 261 g/mol. The summed E-state index contributed by atoms with van der Waals surface area (Å²) in [5, 5.41) is 9.62. The van der Waals surface area contributed by atoms with E-state index in [2.05, 4.69) is 15.0 Å². The SMILES string of the molecule is Oc1[nH]c(=S)sc1/C=C1\C=Nc2cccnc21. The molecule has 84 valence electrons. The van der Waals surface area contributed by atoms with Gasteiger partial charge in [-0.1, -0.05) is 0 Å². The highest BCUT2D eigenvalue weighted by molar-refractivity contribution is 7.73. The van der Waals surface area contributed by atoms with Gasteiger partial charge in [-0.15, -0.1) is 11.3 Å². The largest absolute Gasteiger partial charge is 0.494 e. The number of nitrogens with one attached hydrogen (secondary N) is 1. The van der Waals surface area contributed by atoms with Crippen molar-refractivity contribution < 1.29 is 5.11 Å². The molecular weight excluding hydrogens is 254 g/mol. The molecule has 0 spiro atoms. The smallest absolute Gasteiger partial charge is 0.207 e. The zero-order valence-corrected chi connectivity index (χ0v) is 10.2. The van der Waals surface area contributed by atoms with Gasteiger partial charge in [-0.3, -0.25) is 9.98 Å². The van der Waals surface area contributed by atoms with Crippen molar-refractivity contribution in [2.45, 2.75) is 0 Å². The second kappa shape index (κ2) is 3.90. The number of thiazole rings is 1. The van der Waals surface area contributed by atoms with Crippen molar-refractivity contribution >= 4 is 47.1 Å². The van der Waals surface area contributed by atoms with Crippen molar-refractivity contribution in [2.75, 3.05) is 0 Å². The van der Waals surface area contributed by atoms with E-state index in [1.807, 2.05) is 18.2 Å². The fraction of sp³-hybridized carbons (Fsp3) is 0. The predicted molar refractivity (Wildman–Crippen MR) is 71.4 cm³/mol. The lowest BCUT2D eigenvalue weighted by molar-refractivity contribution is 0.456. The first kappa shape index (κ1) is 10.4. The number of rotatable bonds is 1. The predicted octanol–water partition coefficient (Wildman–Crippen LogP) is 3.16. The fourth-order valence-electron chi connectivity index (χ4n) is 1.60. The van der Waals surface area contributed by atoms with Crippen molar-refractivity contribution in [3.8, 4) is 5.88 Å². The van der Waals surface area contributed by atoms with Crippen LogP contribution in [0.25, 0.3) is 11.6 Å². The van der Waals surface area contributed by atoms with Crippen LogP contribution >= 0.6 is 23.6 Å². The molecule has 1 aliphatic rings. The lowest BCUT2D eigenvalue weighted by Gasteiger charge is -1.96. The Labute approximate surface area is 106 Å². The fourth-order valence-corrected chi connectivity index (χ4v) is 2.65. The van der Waals surface area contributed by atoms with E-state index >= 15 is 0 Å². The van der Waals surface area contributed by atoms with E-state index in [9.17, 15) is 5.11 Å². The molecule has 1 aliphatic heterocycles. The van der Waals surface area contributed by atoms with Crippen LogP contribution in [0.4, 0.5) is 5.69 Å². The number of aromatic nitrogens is 2. The number of hydrogen-bond acceptors (Lipinski definition) is 5. The minimum Gasteiger partial charge on any atom is -0.494 e. The van der Waals surface area contributed by atoms with Gasteiger partial charge in [0, 0.05) is 18.0 Å². The zero-order valence-electron chi connectivity index (χ0n) is 8.54. The van der Waals surface area contributed by atoms with E-state index in [1.165, 1.54) is 11.3 Å². The topological polar surface area (TPSA) is 61.3 Å². The van der Waals surface area contributed by atoms with Gasteiger partial charge in [0.25, 0.3) is 0 Å². The summed E-state index contributed by atoms with van der Waals surface area (Å²) < 4.78 is 0.547. The molecule has 3 rings (SSSR count). The van der Waals surface area contributed by atoms with Gasteiger partial charge in [-0.05, 0) is 30.4 Å². The summed E-state index contributed by atoms with van der Waals surface area (Å²) in [5.74, 6) is 0.0882. The summed E-state index contributed by atoms with van der Waals surface area (Å²) in [6, 6.07) is 3.75. The second-order valence-electron chi connectivity index (χ2n) is 3.46. The van der Waals surface area contributed by atoms with Gasteiger partial charge in [-0.25, -0.2) is 0 Å². The second-order valence-corrected chi connectivity index (χ2v) is 5.18. The maximum absolute atomic E-state index is 9.62. The average Bonchev–Trinajstić information content (AvgIpc) is 2.85. The number of hydrogen-bond donors (Lipinski definition) is 2. The third-order valence-corrected chi connectivity index (χ3v) is 3.52. The molecule has 0 amide bonds. The van der Waals surface area contributed by atoms with Crippen molar-refractivity contribution in [1.82, 2.24) is 9.97 Å². The maximum Gasteiger partial charge on any atom is 0.207 e. The van der Waals surface area contributed by atoms with E-state index in [4.69, 9.17) is 12.2 Å². The van der Waals surface area contributed by atoms with Crippen LogP contribution in [0.15, 0.2) is 23.3 Å². The number of aliphatic imine (C=N–C) groups is 1. The van der Waals surface area contributed by atoms with Crippen LogP contribution in [0.1, 0.15) is 10.6 Å². The molecule has 2 N–H and O–H groups in total. The Bertz CT molecular complexity index is 697. The Morgan fingerprint density at radius 1 is 1.47 bits per heavy atom. The Kier molecular flexibility index (Phi) is 2.38. The lowest BCUT2D eigenvalue weighted by Crippen LogP contribution is -1.83. The highest BCUT2D eigenvalue weighted by atomic mass is 32.1. The molecule has 0 bridgehead atoms. The van der Waals surface area contributed by atoms with Crippen molar-refractivity contribution in [3.63, 3.8) is 0 Å². The van der Waals surface area contributed by atoms with Gasteiger partial charge in [0.2, 0.25) is 5.88 Å². The van der Waals surface area contributed by atoms with Crippen LogP contribution < -0.4 is 0 Å². The quantitative estimate of drug-likeness (QED) is 0.775. The van der Waals surface area contributed by atoms with Gasteiger partial charge in [0.1, 0.15) is 0 Å². The molecular formula is C11H7N3OS2. The normalized spacial score (nSPS) is 15.4. The Morgan fingerprint density at radius 3 is 3.12 bits per heavy atom. The number of nitrogens with zero attached hydrogens (tertiary/aromatic N) is 2. The third kappa shape index (κ3) is 1.81. The van der Waals surface area contributed by atoms with Gasteiger partial charge >= 0.3 is 0 Å². The van der Waals surface area contributed by atoms with E-state index in [0.29, 0.717) is 8.83 Å². The summed E-state index contributed by atoms with van der Waals surface area (Å²) in [6.45, 7) is 0. The first-order chi connectivity index (χ1) is 8.24. The van der Waals surface area contributed by atoms with Crippen LogP contribution in [0.3, 0.4) is 0 Å². The number of pyridine rings is 1. The molecule has 0 saturated carbocycles. The highest BCUT2D eigenvalue weighted by Gasteiger charge is 2.14. The summed E-state index contributed by atoms with van der Waals surface area (Å²) in [4.78, 5) is 11.9. The Hall–Kier alpha value is -1.79. The van der Waals surface area contributed by atoms with E-state index < -0.39 is 0 Å². The molecule has 2 aromatic heterocycles. The first-order valence-electron chi connectivity index (χ1n) is 4.87. The summed E-state index contributed by atoms with van der Waals surface area (Å²) >= 11 is 6.28. The van der Waals surface area contributed by atoms with Crippen LogP contribution in [-0.4, -0.2) is 21.3 Å². The van der Waals surface area contributed by atoms with Crippen LogP contribution in [0.5, 0.6) is 5.88 Å². The van der Waals surface area contributed by atoms with Crippen molar-refractivity contribution in [1.29, 1.82) is 0 Å². The van der Waals surface area contributed by atoms with Gasteiger partial charge in [0.05, 0.1) is 16.3 Å². The van der Waals surface area contributed by atoms with Crippen molar-refractivity contribution in [3.05, 3.63) is 32.9 Å². The van der Waals surface area contributed by atoms with E-state index in [0.717, 1.165) is 17.0 Å². The van der Waals surface area contributed by atoms with Crippen LogP contribution in [0.2, 0.25) is 0 Å². The summed E-state index contributed by atoms with van der Waals surface area (Å²) in [5.41, 5.74) is 2.55. The minimum atomic E-state index is 0.0882. The van der Waals surface area contributed by atoms with Crippen LogP contribution in [0, 0.1) is 3.95 Å². The molecule has 2 aromatic rings. The molecule has 0 atom stereocenters. The average molecular weight is 261 g/mol. The minimum absolute atomic E-state index is 0.0882. The molecule has 0 radical (unpaired) electrons. The number of fused-ring (bicyclic) bond motifs is 1. The first-order valence-corrected chi connectivity index (χ1v) is 6.10. The molecule has 0 aromatic carbocycles. The molecule has 17 heavy (non-hydrogen) atoms. The van der Waals surface area contributed by atoms with Gasteiger partial charge in [-0.2, -0.15) is 0 Å².